The molecular formula is C7H4F3N. The Morgan fingerprint density at radius 3 is 2.36 bits per heavy atom. The Hall–Kier alpha value is -1.37. The minimum absolute atomic E-state index is 0.0557. The van der Waals surface area contributed by atoms with Crippen molar-refractivity contribution < 1.29 is 13.2 Å². The summed E-state index contributed by atoms with van der Waals surface area (Å²) < 4.78 is 35.6. The lowest BCUT2D eigenvalue weighted by molar-refractivity contribution is -0.0882. The van der Waals surface area contributed by atoms with E-state index < -0.39 is 11.7 Å². The standard InChI is InChI=1S/C7H4F3N/c8-7(9,10)5-2-1-3-6(11)4-5/h2,4H,11H2. The molecule has 0 unspecified atom stereocenters. The van der Waals surface area contributed by atoms with E-state index in [2.05, 4.69) is 11.5 Å². The molecule has 1 rings (SSSR count). The highest BCUT2D eigenvalue weighted by molar-refractivity contribution is 5.34. The van der Waals surface area contributed by atoms with Crippen molar-refractivity contribution in [1.82, 2.24) is 0 Å². The van der Waals surface area contributed by atoms with E-state index in [1.54, 1.807) is 0 Å². The third-order valence-corrected chi connectivity index (χ3v) is 1.08. The van der Waals surface area contributed by atoms with Gasteiger partial charge in [-0.3, -0.25) is 0 Å². The summed E-state index contributed by atoms with van der Waals surface area (Å²) in [5, 5.41) is 0. The van der Waals surface area contributed by atoms with E-state index in [0.29, 0.717) is 0 Å². The Labute approximate surface area is 61.0 Å². The van der Waals surface area contributed by atoms with E-state index in [4.69, 9.17) is 5.73 Å². The monoisotopic (exact) mass is 159 g/mol. The van der Waals surface area contributed by atoms with Crippen LogP contribution in [-0.2, 0) is 0 Å². The molecule has 0 aliphatic heterocycles. The van der Waals surface area contributed by atoms with Crippen molar-refractivity contribution in [3.8, 4) is 0 Å². The van der Waals surface area contributed by atoms with Crippen LogP contribution in [0.2, 0.25) is 0 Å². The molecule has 0 saturated heterocycles. The first-order valence-corrected chi connectivity index (χ1v) is 2.76. The van der Waals surface area contributed by atoms with Crippen LogP contribution in [0.5, 0.6) is 0 Å². The van der Waals surface area contributed by atoms with Gasteiger partial charge in [-0.1, -0.05) is 5.73 Å². The third-order valence-electron chi connectivity index (χ3n) is 1.08. The number of halogens is 3. The van der Waals surface area contributed by atoms with Crippen molar-refractivity contribution in [1.29, 1.82) is 0 Å². The van der Waals surface area contributed by atoms with Crippen LogP contribution in [0.3, 0.4) is 0 Å². The summed E-state index contributed by atoms with van der Waals surface area (Å²) in [6.07, 6.45) is -2.73. The molecule has 1 aliphatic rings. The fraction of sp³-hybridized carbons (Fsp3) is 0.143. The summed E-state index contributed by atoms with van der Waals surface area (Å²) >= 11 is 0. The molecule has 0 aromatic carbocycles. The fourth-order valence-electron chi connectivity index (χ4n) is 0.606. The van der Waals surface area contributed by atoms with Crippen LogP contribution in [0.4, 0.5) is 13.2 Å². The van der Waals surface area contributed by atoms with E-state index >= 15 is 0 Å². The summed E-state index contributed by atoms with van der Waals surface area (Å²) in [5.74, 6) is 0. The molecular weight excluding hydrogens is 155 g/mol. The van der Waals surface area contributed by atoms with Gasteiger partial charge in [0.05, 0.1) is 11.3 Å². The van der Waals surface area contributed by atoms with Crippen LogP contribution in [-0.4, -0.2) is 6.18 Å². The van der Waals surface area contributed by atoms with E-state index in [-0.39, 0.29) is 5.70 Å². The Bertz CT molecular complexity index is 296. The maximum atomic E-state index is 11.9. The summed E-state index contributed by atoms with van der Waals surface area (Å²) in [5.41, 5.74) is 8.68. The smallest absolute Gasteiger partial charge is 0.392 e. The predicted molar refractivity (Wildman–Crippen MR) is 33.4 cm³/mol. The first-order chi connectivity index (χ1) is 5.00. The minimum atomic E-state index is -4.35. The van der Waals surface area contributed by atoms with Crippen LogP contribution in [0.15, 0.2) is 34.9 Å². The normalized spacial score (nSPS) is 16.3. The van der Waals surface area contributed by atoms with Crippen LogP contribution < -0.4 is 5.73 Å². The molecule has 58 valence electrons. The molecule has 11 heavy (non-hydrogen) atoms. The molecule has 0 radical (unpaired) electrons. The maximum absolute atomic E-state index is 11.9. The zero-order valence-electron chi connectivity index (χ0n) is 5.37. The highest BCUT2D eigenvalue weighted by Gasteiger charge is 2.32. The average Bonchev–Trinajstić information content (AvgIpc) is 1.86. The zero-order chi connectivity index (χ0) is 8.48. The molecule has 0 bridgehead atoms. The molecule has 0 atom stereocenters. The number of nitrogens with two attached hydrogens (primary N) is 1. The van der Waals surface area contributed by atoms with E-state index in [1.165, 1.54) is 0 Å². The number of allylic oxidation sites excluding steroid dienone is 3. The summed E-state index contributed by atoms with van der Waals surface area (Å²) in [7, 11) is 0. The van der Waals surface area contributed by atoms with E-state index in [1.807, 2.05) is 0 Å². The second-order valence-corrected chi connectivity index (χ2v) is 1.97. The zero-order valence-corrected chi connectivity index (χ0v) is 5.37. The molecule has 0 saturated carbocycles. The lowest BCUT2D eigenvalue weighted by atomic mass is 10.2. The number of hydrogen-bond donors (Lipinski definition) is 1. The number of alkyl halides is 3. The highest BCUT2D eigenvalue weighted by atomic mass is 19.4. The largest absolute Gasteiger partial charge is 0.417 e. The number of rotatable bonds is 0. The molecule has 1 aliphatic carbocycles. The molecule has 0 amide bonds. The van der Waals surface area contributed by atoms with Crippen LogP contribution in [0.1, 0.15) is 0 Å². The molecule has 4 heteroatoms. The van der Waals surface area contributed by atoms with E-state index in [0.717, 1.165) is 12.2 Å². The van der Waals surface area contributed by atoms with Gasteiger partial charge in [-0.15, -0.1) is 0 Å². The fourth-order valence-corrected chi connectivity index (χ4v) is 0.606. The van der Waals surface area contributed by atoms with Crippen molar-refractivity contribution in [2.75, 3.05) is 0 Å². The molecule has 0 fully saturated rings. The van der Waals surface area contributed by atoms with Crippen molar-refractivity contribution in [2.24, 2.45) is 5.73 Å². The first kappa shape index (κ1) is 7.73. The van der Waals surface area contributed by atoms with Gasteiger partial charge in [-0.2, -0.15) is 13.2 Å². The molecule has 1 nitrogen and oxygen atoms in total. The highest BCUT2D eigenvalue weighted by Crippen LogP contribution is 2.27. The van der Waals surface area contributed by atoms with Crippen molar-refractivity contribution in [3.05, 3.63) is 34.9 Å². The lowest BCUT2D eigenvalue weighted by Crippen LogP contribution is -2.11. The van der Waals surface area contributed by atoms with Gasteiger partial charge >= 0.3 is 6.18 Å². The SMILES string of the molecule is NC1=C=C=CC(C(F)(F)F)=C1. The topological polar surface area (TPSA) is 26.0 Å². The second-order valence-electron chi connectivity index (χ2n) is 1.97. The van der Waals surface area contributed by atoms with Gasteiger partial charge in [0, 0.05) is 6.08 Å². The first-order valence-electron chi connectivity index (χ1n) is 2.76. The van der Waals surface area contributed by atoms with Crippen molar-refractivity contribution in [2.45, 2.75) is 6.18 Å². The van der Waals surface area contributed by atoms with Crippen LogP contribution >= 0.6 is 0 Å². The van der Waals surface area contributed by atoms with Gasteiger partial charge in [0.1, 0.15) is 0 Å². The Balaban J connectivity index is 3.01. The summed E-state index contributed by atoms with van der Waals surface area (Å²) in [4.78, 5) is 0. The maximum Gasteiger partial charge on any atom is 0.417 e. The predicted octanol–water partition coefficient (Wildman–Crippen LogP) is 1.64. The average molecular weight is 159 g/mol. The second kappa shape index (κ2) is 2.35. The van der Waals surface area contributed by atoms with Gasteiger partial charge in [-0.05, 0) is 11.8 Å². The molecule has 2 N–H and O–H groups in total. The van der Waals surface area contributed by atoms with Crippen molar-refractivity contribution in [3.63, 3.8) is 0 Å². The van der Waals surface area contributed by atoms with Gasteiger partial charge in [0.15, 0.2) is 0 Å². The molecule has 0 aromatic rings. The minimum Gasteiger partial charge on any atom is -0.392 e. The van der Waals surface area contributed by atoms with Gasteiger partial charge < -0.3 is 5.73 Å². The Kier molecular flexibility index (Phi) is 1.65. The van der Waals surface area contributed by atoms with Crippen LogP contribution in [0.25, 0.3) is 0 Å². The summed E-state index contributed by atoms with van der Waals surface area (Å²) in [6.45, 7) is 0. The van der Waals surface area contributed by atoms with Gasteiger partial charge in [-0.25, -0.2) is 0 Å². The number of hydrogen-bond acceptors (Lipinski definition) is 1. The molecule has 0 heterocycles. The van der Waals surface area contributed by atoms with E-state index in [9.17, 15) is 13.2 Å². The van der Waals surface area contributed by atoms with Crippen molar-refractivity contribution >= 4 is 0 Å². The van der Waals surface area contributed by atoms with Crippen LogP contribution in [0, 0.1) is 0 Å². The third kappa shape index (κ3) is 1.77. The Morgan fingerprint density at radius 1 is 1.36 bits per heavy atom. The molecule has 0 aromatic heterocycles. The quantitative estimate of drug-likeness (QED) is 0.534. The van der Waals surface area contributed by atoms with Gasteiger partial charge in [0.2, 0.25) is 0 Å². The lowest BCUT2D eigenvalue weighted by Gasteiger charge is -2.06. The van der Waals surface area contributed by atoms with Gasteiger partial charge in [0.25, 0.3) is 0 Å². The Morgan fingerprint density at radius 2 is 2.00 bits per heavy atom. The molecule has 0 spiro atoms. The summed E-state index contributed by atoms with van der Waals surface area (Å²) in [6, 6.07) is 0.